The van der Waals surface area contributed by atoms with Crippen LogP contribution in [0.3, 0.4) is 0 Å². The maximum absolute atomic E-state index is 8.49. The molecule has 0 atom stereocenters. The van der Waals surface area contributed by atoms with Crippen molar-refractivity contribution in [3.8, 4) is 0 Å². The Kier molecular flexibility index (Phi) is 3.32. The highest BCUT2D eigenvalue weighted by molar-refractivity contribution is 7.13. The molecule has 1 heterocycles. The van der Waals surface area contributed by atoms with Crippen molar-refractivity contribution in [2.45, 2.75) is 13.3 Å². The molecule has 0 saturated carbocycles. The molecule has 0 saturated heterocycles. The SMILES string of the molecule is Cc1csc(NCCCO)n1. The van der Waals surface area contributed by atoms with Crippen molar-refractivity contribution < 1.29 is 5.11 Å². The number of rotatable bonds is 4. The number of hydrogen-bond donors (Lipinski definition) is 2. The first-order valence-electron chi connectivity index (χ1n) is 3.60. The van der Waals surface area contributed by atoms with Gasteiger partial charge in [0.2, 0.25) is 0 Å². The standard InChI is InChI=1S/C7H12N2OS/c1-6-5-11-7(9-6)8-3-2-4-10/h5,10H,2-4H2,1H3,(H,8,9). The Hall–Kier alpha value is -0.610. The predicted octanol–water partition coefficient (Wildman–Crippen LogP) is 1.25. The average molecular weight is 172 g/mol. The highest BCUT2D eigenvalue weighted by atomic mass is 32.1. The summed E-state index contributed by atoms with van der Waals surface area (Å²) in [5.41, 5.74) is 1.04. The number of nitrogens with one attached hydrogen (secondary N) is 1. The van der Waals surface area contributed by atoms with Gasteiger partial charge in [-0.15, -0.1) is 11.3 Å². The number of hydrogen-bond acceptors (Lipinski definition) is 4. The van der Waals surface area contributed by atoms with Gasteiger partial charge in [-0.25, -0.2) is 4.98 Å². The maximum Gasteiger partial charge on any atom is 0.182 e. The fraction of sp³-hybridized carbons (Fsp3) is 0.571. The molecule has 2 N–H and O–H groups in total. The van der Waals surface area contributed by atoms with Gasteiger partial charge in [0.15, 0.2) is 5.13 Å². The van der Waals surface area contributed by atoms with Crippen LogP contribution in [0.2, 0.25) is 0 Å². The third-order valence-electron chi connectivity index (χ3n) is 1.23. The van der Waals surface area contributed by atoms with E-state index in [1.54, 1.807) is 11.3 Å². The molecule has 1 aromatic heterocycles. The predicted molar refractivity (Wildman–Crippen MR) is 47.0 cm³/mol. The van der Waals surface area contributed by atoms with Crippen LogP contribution < -0.4 is 5.32 Å². The van der Waals surface area contributed by atoms with E-state index in [0.717, 1.165) is 23.8 Å². The molecule has 3 nitrogen and oxygen atoms in total. The Balaban J connectivity index is 2.27. The molecule has 11 heavy (non-hydrogen) atoms. The molecule has 0 radical (unpaired) electrons. The molecule has 0 unspecified atom stereocenters. The van der Waals surface area contributed by atoms with E-state index < -0.39 is 0 Å². The van der Waals surface area contributed by atoms with Crippen molar-refractivity contribution in [3.05, 3.63) is 11.1 Å². The van der Waals surface area contributed by atoms with Gasteiger partial charge >= 0.3 is 0 Å². The first kappa shape index (κ1) is 8.49. The van der Waals surface area contributed by atoms with E-state index in [1.807, 2.05) is 12.3 Å². The lowest BCUT2D eigenvalue weighted by molar-refractivity contribution is 0.292. The molecule has 0 fully saturated rings. The fourth-order valence-electron chi connectivity index (χ4n) is 0.710. The van der Waals surface area contributed by atoms with Gasteiger partial charge in [-0.05, 0) is 13.3 Å². The highest BCUT2D eigenvalue weighted by Gasteiger charge is 1.94. The summed E-state index contributed by atoms with van der Waals surface area (Å²) in [6, 6.07) is 0. The molecule has 0 aliphatic carbocycles. The van der Waals surface area contributed by atoms with Gasteiger partial charge in [-0.2, -0.15) is 0 Å². The van der Waals surface area contributed by atoms with Gasteiger partial charge in [0.05, 0.1) is 5.69 Å². The van der Waals surface area contributed by atoms with Crippen LogP contribution in [-0.4, -0.2) is 23.2 Å². The monoisotopic (exact) mass is 172 g/mol. The van der Waals surface area contributed by atoms with Gasteiger partial charge in [0.25, 0.3) is 0 Å². The summed E-state index contributed by atoms with van der Waals surface area (Å²) in [7, 11) is 0. The summed E-state index contributed by atoms with van der Waals surface area (Å²) < 4.78 is 0. The van der Waals surface area contributed by atoms with Crippen LogP contribution in [0.25, 0.3) is 0 Å². The molecule has 0 aliphatic rings. The number of thiazole rings is 1. The molecular weight excluding hydrogens is 160 g/mol. The molecule has 0 bridgehead atoms. The van der Waals surface area contributed by atoms with E-state index in [-0.39, 0.29) is 6.61 Å². The lowest BCUT2D eigenvalue weighted by Crippen LogP contribution is -2.02. The molecule has 0 aliphatic heterocycles. The smallest absolute Gasteiger partial charge is 0.182 e. The molecule has 0 spiro atoms. The second-order valence-electron chi connectivity index (χ2n) is 2.30. The first-order chi connectivity index (χ1) is 5.33. The van der Waals surface area contributed by atoms with Crippen molar-refractivity contribution in [3.63, 3.8) is 0 Å². The van der Waals surface area contributed by atoms with Crippen molar-refractivity contribution in [1.82, 2.24) is 4.98 Å². The number of aliphatic hydroxyl groups is 1. The van der Waals surface area contributed by atoms with Crippen molar-refractivity contribution >= 4 is 16.5 Å². The Labute approximate surface area is 70.1 Å². The Morgan fingerprint density at radius 1 is 1.73 bits per heavy atom. The fourth-order valence-corrected chi connectivity index (χ4v) is 1.43. The lowest BCUT2D eigenvalue weighted by atomic mass is 10.5. The van der Waals surface area contributed by atoms with E-state index in [9.17, 15) is 0 Å². The zero-order valence-corrected chi connectivity index (χ0v) is 7.32. The molecule has 0 amide bonds. The van der Waals surface area contributed by atoms with Gasteiger partial charge in [0.1, 0.15) is 0 Å². The number of anilines is 1. The van der Waals surface area contributed by atoms with Crippen LogP contribution in [0, 0.1) is 6.92 Å². The van der Waals surface area contributed by atoms with Crippen LogP contribution >= 0.6 is 11.3 Å². The maximum atomic E-state index is 8.49. The summed E-state index contributed by atoms with van der Waals surface area (Å²) in [4.78, 5) is 4.21. The van der Waals surface area contributed by atoms with Crippen molar-refractivity contribution in [1.29, 1.82) is 0 Å². The minimum absolute atomic E-state index is 0.233. The Morgan fingerprint density at radius 3 is 3.09 bits per heavy atom. The number of aliphatic hydroxyl groups excluding tert-OH is 1. The summed E-state index contributed by atoms with van der Waals surface area (Å²) in [5, 5.41) is 14.5. The van der Waals surface area contributed by atoms with Crippen molar-refractivity contribution in [2.75, 3.05) is 18.5 Å². The molecule has 1 rings (SSSR count). The average Bonchev–Trinajstić information content (AvgIpc) is 2.37. The Morgan fingerprint density at radius 2 is 2.55 bits per heavy atom. The second kappa shape index (κ2) is 4.31. The van der Waals surface area contributed by atoms with Crippen LogP contribution in [0.5, 0.6) is 0 Å². The zero-order valence-electron chi connectivity index (χ0n) is 6.50. The van der Waals surface area contributed by atoms with Crippen molar-refractivity contribution in [2.24, 2.45) is 0 Å². The summed E-state index contributed by atoms with van der Waals surface area (Å²) in [6.45, 7) is 2.99. The highest BCUT2D eigenvalue weighted by Crippen LogP contribution is 2.13. The largest absolute Gasteiger partial charge is 0.396 e. The summed E-state index contributed by atoms with van der Waals surface area (Å²) >= 11 is 1.60. The van der Waals surface area contributed by atoms with E-state index >= 15 is 0 Å². The van der Waals surface area contributed by atoms with E-state index in [1.165, 1.54) is 0 Å². The third kappa shape index (κ3) is 2.86. The third-order valence-corrected chi connectivity index (χ3v) is 2.15. The number of nitrogens with zero attached hydrogens (tertiary/aromatic N) is 1. The summed E-state index contributed by atoms with van der Waals surface area (Å²) in [6.07, 6.45) is 0.776. The summed E-state index contributed by atoms with van der Waals surface area (Å²) in [5.74, 6) is 0. The van der Waals surface area contributed by atoms with Crippen LogP contribution in [0.4, 0.5) is 5.13 Å². The molecule has 1 aromatic rings. The van der Waals surface area contributed by atoms with Gasteiger partial charge in [-0.3, -0.25) is 0 Å². The number of aryl methyl sites for hydroxylation is 1. The number of aromatic nitrogens is 1. The molecule has 0 aromatic carbocycles. The van der Waals surface area contributed by atoms with E-state index in [4.69, 9.17) is 5.11 Å². The quantitative estimate of drug-likeness (QED) is 0.672. The minimum atomic E-state index is 0.233. The van der Waals surface area contributed by atoms with Gasteiger partial charge < -0.3 is 10.4 Å². The topological polar surface area (TPSA) is 45.1 Å². The normalized spacial score (nSPS) is 10.0. The second-order valence-corrected chi connectivity index (χ2v) is 3.16. The van der Waals surface area contributed by atoms with E-state index in [0.29, 0.717) is 0 Å². The lowest BCUT2D eigenvalue weighted by Gasteiger charge is -1.98. The molecule has 4 heteroatoms. The van der Waals surface area contributed by atoms with Crippen LogP contribution in [-0.2, 0) is 0 Å². The van der Waals surface area contributed by atoms with Crippen LogP contribution in [0.1, 0.15) is 12.1 Å². The Bertz CT molecular complexity index is 212. The van der Waals surface area contributed by atoms with E-state index in [2.05, 4.69) is 10.3 Å². The van der Waals surface area contributed by atoms with Crippen LogP contribution in [0.15, 0.2) is 5.38 Å². The minimum Gasteiger partial charge on any atom is -0.396 e. The zero-order chi connectivity index (χ0) is 8.10. The molecule has 62 valence electrons. The van der Waals surface area contributed by atoms with Gasteiger partial charge in [-0.1, -0.05) is 0 Å². The first-order valence-corrected chi connectivity index (χ1v) is 4.48. The van der Waals surface area contributed by atoms with Gasteiger partial charge in [0, 0.05) is 18.5 Å². The molecular formula is C7H12N2OS.